The van der Waals surface area contributed by atoms with Crippen LogP contribution in [-0.4, -0.2) is 19.6 Å². The third kappa shape index (κ3) is 6.63. The summed E-state index contributed by atoms with van der Waals surface area (Å²) in [5.74, 6) is 1.14. The molecule has 0 aliphatic heterocycles. The lowest BCUT2D eigenvalue weighted by molar-refractivity contribution is -0.112. The van der Waals surface area contributed by atoms with Crippen molar-refractivity contribution in [3.8, 4) is 23.3 Å². The highest BCUT2D eigenvalue weighted by molar-refractivity contribution is 9.10. The third-order valence-corrected chi connectivity index (χ3v) is 5.55. The third-order valence-electron chi connectivity index (χ3n) is 4.87. The van der Waals surface area contributed by atoms with Gasteiger partial charge in [-0.3, -0.25) is 4.79 Å². The van der Waals surface area contributed by atoms with Crippen LogP contribution in [0.1, 0.15) is 23.6 Å². The summed E-state index contributed by atoms with van der Waals surface area (Å²) in [6, 6.07) is 20.5. The summed E-state index contributed by atoms with van der Waals surface area (Å²) in [6.45, 7) is 4.81. The molecule has 0 aliphatic carbocycles. The van der Waals surface area contributed by atoms with Gasteiger partial charge in [0.2, 0.25) is 0 Å². The first kappa shape index (κ1) is 24.9. The van der Waals surface area contributed by atoms with Crippen molar-refractivity contribution in [2.75, 3.05) is 19.0 Å². The number of carbonyl (C=O) groups is 1. The van der Waals surface area contributed by atoms with Crippen LogP contribution in [0.25, 0.3) is 6.08 Å². The fourth-order valence-corrected chi connectivity index (χ4v) is 3.55. The summed E-state index contributed by atoms with van der Waals surface area (Å²) in [5, 5.41) is 12.3. The molecule has 0 heterocycles. The number of hydrogen-bond acceptors (Lipinski definition) is 5. The van der Waals surface area contributed by atoms with Gasteiger partial charge < -0.3 is 19.5 Å². The number of hydrogen-bond donors (Lipinski definition) is 1. The first-order valence-corrected chi connectivity index (χ1v) is 11.4. The average Bonchev–Trinajstić information content (AvgIpc) is 2.83. The number of amides is 1. The van der Waals surface area contributed by atoms with E-state index < -0.39 is 5.91 Å². The number of nitriles is 1. The van der Waals surface area contributed by atoms with Gasteiger partial charge in [-0.2, -0.15) is 5.26 Å². The van der Waals surface area contributed by atoms with Crippen molar-refractivity contribution in [1.29, 1.82) is 5.26 Å². The first-order valence-electron chi connectivity index (χ1n) is 10.7. The van der Waals surface area contributed by atoms with Crippen LogP contribution in [0.2, 0.25) is 0 Å². The van der Waals surface area contributed by atoms with Crippen molar-refractivity contribution < 1.29 is 19.0 Å². The number of methoxy groups -OCH3 is 1. The summed E-state index contributed by atoms with van der Waals surface area (Å²) in [7, 11) is 1.54. The summed E-state index contributed by atoms with van der Waals surface area (Å²) >= 11 is 3.51. The van der Waals surface area contributed by atoms with Gasteiger partial charge in [0.1, 0.15) is 24.0 Å². The molecule has 0 spiro atoms. The molecule has 0 bridgehead atoms. The molecule has 7 heteroatoms. The van der Waals surface area contributed by atoms with Crippen LogP contribution in [0.3, 0.4) is 0 Å². The Bertz CT molecular complexity index is 1230. The standard InChI is InChI=1S/C27H25BrN2O4/c1-4-33-23-7-5-6-22(14-23)30-27(31)21(16-29)12-20-13-25(32-3)26(15-24(20)28)34-17-19-10-8-18(2)9-11-19/h5-15H,4,17H2,1-3H3,(H,30,31)/b21-12-. The maximum Gasteiger partial charge on any atom is 0.266 e. The lowest BCUT2D eigenvalue weighted by Crippen LogP contribution is -2.13. The van der Waals surface area contributed by atoms with E-state index in [4.69, 9.17) is 14.2 Å². The van der Waals surface area contributed by atoms with Gasteiger partial charge in [0.25, 0.3) is 5.91 Å². The van der Waals surface area contributed by atoms with E-state index in [-0.39, 0.29) is 5.57 Å². The maximum absolute atomic E-state index is 12.7. The molecule has 1 N–H and O–H groups in total. The molecule has 0 saturated heterocycles. The molecule has 0 radical (unpaired) electrons. The van der Waals surface area contributed by atoms with Crippen molar-refractivity contribution in [3.63, 3.8) is 0 Å². The van der Waals surface area contributed by atoms with Crippen LogP contribution in [0, 0.1) is 18.3 Å². The molecule has 0 atom stereocenters. The number of rotatable bonds is 9. The van der Waals surface area contributed by atoms with E-state index in [1.807, 2.05) is 44.2 Å². The summed E-state index contributed by atoms with van der Waals surface area (Å²) in [5.41, 5.74) is 3.30. The predicted molar refractivity (Wildman–Crippen MR) is 136 cm³/mol. The van der Waals surface area contributed by atoms with E-state index >= 15 is 0 Å². The molecule has 3 aromatic carbocycles. The fraction of sp³-hybridized carbons (Fsp3) is 0.185. The summed E-state index contributed by atoms with van der Waals surface area (Å²) in [4.78, 5) is 12.7. The second-order valence-electron chi connectivity index (χ2n) is 7.38. The van der Waals surface area contributed by atoms with Crippen molar-refractivity contribution in [2.45, 2.75) is 20.5 Å². The minimum atomic E-state index is -0.526. The monoisotopic (exact) mass is 520 g/mol. The molecule has 0 fully saturated rings. The molecule has 34 heavy (non-hydrogen) atoms. The van der Waals surface area contributed by atoms with Crippen molar-refractivity contribution in [3.05, 3.63) is 87.4 Å². The minimum absolute atomic E-state index is 0.0575. The van der Waals surface area contributed by atoms with Crippen molar-refractivity contribution in [1.82, 2.24) is 0 Å². The Hall–Kier alpha value is -3.76. The fourth-order valence-electron chi connectivity index (χ4n) is 3.11. The molecular formula is C27H25BrN2O4. The largest absolute Gasteiger partial charge is 0.494 e. The Balaban J connectivity index is 1.79. The zero-order valence-corrected chi connectivity index (χ0v) is 20.8. The summed E-state index contributed by atoms with van der Waals surface area (Å²) in [6.07, 6.45) is 1.50. The maximum atomic E-state index is 12.7. The van der Waals surface area contributed by atoms with Crippen LogP contribution in [0.15, 0.2) is 70.7 Å². The first-order chi connectivity index (χ1) is 16.4. The van der Waals surface area contributed by atoms with Crippen LogP contribution < -0.4 is 19.5 Å². The van der Waals surface area contributed by atoms with Gasteiger partial charge in [-0.1, -0.05) is 51.8 Å². The van der Waals surface area contributed by atoms with Crippen molar-refractivity contribution >= 4 is 33.6 Å². The Morgan fingerprint density at radius 3 is 2.53 bits per heavy atom. The Labute approximate surface area is 207 Å². The van der Waals surface area contributed by atoms with E-state index in [2.05, 4.69) is 21.2 Å². The SMILES string of the molecule is CCOc1cccc(NC(=O)/C(C#N)=C\c2cc(OC)c(OCc3ccc(C)cc3)cc2Br)c1. The van der Waals surface area contributed by atoms with Gasteiger partial charge in [-0.25, -0.2) is 0 Å². The molecule has 3 aromatic rings. The molecule has 0 aromatic heterocycles. The van der Waals surface area contributed by atoms with Gasteiger partial charge in [-0.15, -0.1) is 0 Å². The van der Waals surface area contributed by atoms with E-state index in [1.165, 1.54) is 11.6 Å². The highest BCUT2D eigenvalue weighted by atomic mass is 79.9. The lowest BCUT2D eigenvalue weighted by atomic mass is 10.1. The van der Waals surface area contributed by atoms with E-state index in [1.54, 1.807) is 43.5 Å². The molecule has 6 nitrogen and oxygen atoms in total. The highest BCUT2D eigenvalue weighted by Gasteiger charge is 2.14. The zero-order valence-electron chi connectivity index (χ0n) is 19.2. The van der Waals surface area contributed by atoms with Gasteiger partial charge in [0.15, 0.2) is 11.5 Å². The Kier molecular flexibility index (Phi) is 8.72. The topological polar surface area (TPSA) is 80.6 Å². The Morgan fingerprint density at radius 1 is 1.09 bits per heavy atom. The molecule has 0 unspecified atom stereocenters. The Morgan fingerprint density at radius 2 is 1.85 bits per heavy atom. The second-order valence-corrected chi connectivity index (χ2v) is 8.24. The number of nitrogens with one attached hydrogen (secondary N) is 1. The molecule has 1 amide bonds. The van der Waals surface area contributed by atoms with E-state index in [0.29, 0.717) is 46.2 Å². The number of benzene rings is 3. The van der Waals surface area contributed by atoms with Gasteiger partial charge in [-0.05, 0) is 55.3 Å². The van der Waals surface area contributed by atoms with E-state index in [0.717, 1.165) is 5.56 Å². The predicted octanol–water partition coefficient (Wildman–Crippen LogP) is 6.29. The average molecular weight is 521 g/mol. The zero-order chi connectivity index (χ0) is 24.5. The minimum Gasteiger partial charge on any atom is -0.494 e. The second kappa shape index (κ2) is 11.9. The molecule has 0 aliphatic rings. The van der Waals surface area contributed by atoms with Gasteiger partial charge >= 0.3 is 0 Å². The number of ether oxygens (including phenoxy) is 3. The number of nitrogens with zero attached hydrogens (tertiary/aromatic N) is 1. The van der Waals surface area contributed by atoms with Crippen LogP contribution in [0.4, 0.5) is 5.69 Å². The van der Waals surface area contributed by atoms with Crippen LogP contribution in [-0.2, 0) is 11.4 Å². The quantitative estimate of drug-likeness (QED) is 0.265. The molecule has 3 rings (SSSR count). The molecule has 0 saturated carbocycles. The molecule has 174 valence electrons. The number of halogens is 1. The van der Waals surface area contributed by atoms with Crippen LogP contribution in [0.5, 0.6) is 17.2 Å². The van der Waals surface area contributed by atoms with Gasteiger partial charge in [0, 0.05) is 16.2 Å². The van der Waals surface area contributed by atoms with E-state index in [9.17, 15) is 10.1 Å². The number of aryl methyl sites for hydroxylation is 1. The van der Waals surface area contributed by atoms with Crippen molar-refractivity contribution in [2.24, 2.45) is 0 Å². The normalized spacial score (nSPS) is 10.9. The molecular weight excluding hydrogens is 496 g/mol. The van der Waals surface area contributed by atoms with Gasteiger partial charge in [0.05, 0.1) is 13.7 Å². The number of anilines is 1. The highest BCUT2D eigenvalue weighted by Crippen LogP contribution is 2.35. The smallest absolute Gasteiger partial charge is 0.266 e. The summed E-state index contributed by atoms with van der Waals surface area (Å²) < 4.78 is 17.5. The van der Waals surface area contributed by atoms with Crippen LogP contribution >= 0.6 is 15.9 Å². The number of carbonyl (C=O) groups excluding carboxylic acids is 1. The lowest BCUT2D eigenvalue weighted by Gasteiger charge is -2.13.